The van der Waals surface area contributed by atoms with E-state index in [4.69, 9.17) is 10.00 Å². The zero-order chi connectivity index (χ0) is 13.8. The molecule has 0 aromatic heterocycles. The van der Waals surface area contributed by atoms with E-state index in [-0.39, 0.29) is 17.4 Å². The summed E-state index contributed by atoms with van der Waals surface area (Å²) in [4.78, 5) is 0. The van der Waals surface area contributed by atoms with E-state index in [9.17, 15) is 5.11 Å². The van der Waals surface area contributed by atoms with Crippen molar-refractivity contribution in [3.05, 3.63) is 48.0 Å². The number of nitriles is 1. The summed E-state index contributed by atoms with van der Waals surface area (Å²) in [6, 6.07) is 14.6. The van der Waals surface area contributed by atoms with E-state index < -0.39 is 0 Å². The van der Waals surface area contributed by atoms with Crippen LogP contribution in [-0.4, -0.2) is 11.2 Å². The highest BCUT2D eigenvalue weighted by molar-refractivity contribution is 5.72. The molecule has 0 heterocycles. The molecule has 0 radical (unpaired) electrons. The third-order valence-corrected chi connectivity index (χ3v) is 2.68. The molecule has 0 unspecified atom stereocenters. The maximum absolute atomic E-state index is 9.54. The minimum Gasteiger partial charge on any atom is -0.507 e. The number of rotatable bonds is 3. The average molecular weight is 253 g/mol. The summed E-state index contributed by atoms with van der Waals surface area (Å²) in [6.07, 6.45) is 0.0775. The van der Waals surface area contributed by atoms with Gasteiger partial charge in [0, 0.05) is 5.56 Å². The van der Waals surface area contributed by atoms with E-state index in [1.54, 1.807) is 12.1 Å². The van der Waals surface area contributed by atoms with E-state index in [0.29, 0.717) is 0 Å². The van der Waals surface area contributed by atoms with Crippen LogP contribution in [0, 0.1) is 11.3 Å². The highest BCUT2D eigenvalue weighted by Crippen LogP contribution is 2.32. The number of hydrogen-bond acceptors (Lipinski definition) is 3. The molecule has 0 atom stereocenters. The summed E-state index contributed by atoms with van der Waals surface area (Å²) in [7, 11) is 0. The van der Waals surface area contributed by atoms with Gasteiger partial charge in [-0.15, -0.1) is 0 Å². The van der Waals surface area contributed by atoms with Gasteiger partial charge in [0.2, 0.25) is 0 Å². The lowest BCUT2D eigenvalue weighted by Crippen LogP contribution is -2.06. The van der Waals surface area contributed by atoms with Gasteiger partial charge in [-0.1, -0.05) is 24.3 Å². The van der Waals surface area contributed by atoms with Gasteiger partial charge in [0.05, 0.1) is 11.7 Å². The third kappa shape index (κ3) is 2.86. The molecule has 0 aliphatic carbocycles. The molecule has 2 aromatic carbocycles. The van der Waals surface area contributed by atoms with Crippen molar-refractivity contribution in [1.82, 2.24) is 0 Å². The molecule has 3 nitrogen and oxygen atoms in total. The Morgan fingerprint density at radius 1 is 1.16 bits per heavy atom. The lowest BCUT2D eigenvalue weighted by Gasteiger charge is -2.14. The topological polar surface area (TPSA) is 53.2 Å². The van der Waals surface area contributed by atoms with Crippen molar-refractivity contribution in [2.24, 2.45) is 0 Å². The smallest absolute Gasteiger partial charge is 0.133 e. The van der Waals surface area contributed by atoms with Gasteiger partial charge in [0.1, 0.15) is 17.6 Å². The molecule has 2 rings (SSSR count). The number of benzene rings is 2. The maximum atomic E-state index is 9.54. The predicted molar refractivity (Wildman–Crippen MR) is 74.0 cm³/mol. The number of ether oxygens (including phenoxy) is 1. The number of para-hydroxylation sites is 1. The van der Waals surface area contributed by atoms with Crippen LogP contribution in [0.5, 0.6) is 11.5 Å². The molecule has 0 fully saturated rings. The fourth-order valence-corrected chi connectivity index (χ4v) is 1.85. The van der Waals surface area contributed by atoms with Crippen LogP contribution in [0.25, 0.3) is 11.1 Å². The summed E-state index contributed by atoms with van der Waals surface area (Å²) in [5, 5.41) is 18.5. The van der Waals surface area contributed by atoms with Crippen LogP contribution in [-0.2, 0) is 0 Å². The minimum absolute atomic E-state index is 0.00601. The molecule has 3 heteroatoms. The highest BCUT2D eigenvalue weighted by Gasteiger charge is 2.09. The number of aromatic hydroxyl groups is 1. The first kappa shape index (κ1) is 13.0. The Bertz CT molecular complexity index is 627. The molecule has 96 valence electrons. The molecule has 0 saturated heterocycles. The molecule has 0 aliphatic rings. The lowest BCUT2D eigenvalue weighted by molar-refractivity contribution is 0.243. The molecule has 0 spiro atoms. The third-order valence-electron chi connectivity index (χ3n) is 2.68. The molecular weight excluding hydrogens is 238 g/mol. The molecule has 0 saturated carbocycles. The van der Waals surface area contributed by atoms with Crippen LogP contribution < -0.4 is 4.74 Å². The van der Waals surface area contributed by atoms with Gasteiger partial charge >= 0.3 is 0 Å². The Labute approximate surface area is 112 Å². The van der Waals surface area contributed by atoms with Crippen molar-refractivity contribution in [2.75, 3.05) is 0 Å². The van der Waals surface area contributed by atoms with Crippen LogP contribution in [0.15, 0.2) is 42.5 Å². The zero-order valence-electron chi connectivity index (χ0n) is 10.9. The molecular formula is C16H15NO2. The number of nitrogens with zero attached hydrogens (tertiary/aromatic N) is 1. The van der Waals surface area contributed by atoms with Gasteiger partial charge in [-0.05, 0) is 37.6 Å². The zero-order valence-corrected chi connectivity index (χ0v) is 10.9. The molecule has 0 amide bonds. The van der Waals surface area contributed by atoms with E-state index in [2.05, 4.69) is 0 Å². The van der Waals surface area contributed by atoms with Crippen LogP contribution in [0.2, 0.25) is 0 Å². The number of hydrogen-bond donors (Lipinski definition) is 1. The standard InChI is InChI=1S/C16H15NO2/c1-11(2)19-16-6-4-3-5-14(16)12-7-8-15(18)13(9-12)10-17/h3-9,11,18H,1-2H3. The van der Waals surface area contributed by atoms with Crippen LogP contribution in [0.3, 0.4) is 0 Å². The number of phenolic OH excluding ortho intramolecular Hbond substituents is 1. The summed E-state index contributed by atoms with van der Waals surface area (Å²) >= 11 is 0. The van der Waals surface area contributed by atoms with Gasteiger partial charge in [-0.2, -0.15) is 5.26 Å². The second-order valence-corrected chi connectivity index (χ2v) is 4.51. The normalized spacial score (nSPS) is 10.2. The van der Waals surface area contributed by atoms with Crippen molar-refractivity contribution < 1.29 is 9.84 Å². The maximum Gasteiger partial charge on any atom is 0.133 e. The fraction of sp³-hybridized carbons (Fsp3) is 0.188. The summed E-state index contributed by atoms with van der Waals surface area (Å²) in [5.41, 5.74) is 2.02. The average Bonchev–Trinajstić information content (AvgIpc) is 2.39. The first-order chi connectivity index (χ1) is 9.11. The van der Waals surface area contributed by atoms with E-state index >= 15 is 0 Å². The summed E-state index contributed by atoms with van der Waals surface area (Å²) in [5.74, 6) is 0.764. The molecule has 0 bridgehead atoms. The van der Waals surface area contributed by atoms with E-state index in [1.165, 1.54) is 6.07 Å². The van der Waals surface area contributed by atoms with Crippen molar-refractivity contribution in [2.45, 2.75) is 20.0 Å². The van der Waals surface area contributed by atoms with Gasteiger partial charge in [0.25, 0.3) is 0 Å². The molecule has 2 aromatic rings. The van der Waals surface area contributed by atoms with Crippen molar-refractivity contribution in [3.8, 4) is 28.7 Å². The van der Waals surface area contributed by atoms with Crippen molar-refractivity contribution >= 4 is 0 Å². The molecule has 1 N–H and O–H groups in total. The van der Waals surface area contributed by atoms with Crippen molar-refractivity contribution in [3.63, 3.8) is 0 Å². The van der Waals surface area contributed by atoms with Crippen LogP contribution in [0.1, 0.15) is 19.4 Å². The van der Waals surface area contributed by atoms with Crippen molar-refractivity contribution in [1.29, 1.82) is 5.26 Å². The molecule has 0 aliphatic heterocycles. The van der Waals surface area contributed by atoms with Gasteiger partial charge < -0.3 is 9.84 Å². The quantitative estimate of drug-likeness (QED) is 0.907. The van der Waals surface area contributed by atoms with Crippen LogP contribution >= 0.6 is 0 Å². The minimum atomic E-state index is -0.00601. The summed E-state index contributed by atoms with van der Waals surface area (Å²) in [6.45, 7) is 3.93. The fourth-order valence-electron chi connectivity index (χ4n) is 1.85. The Balaban J connectivity index is 2.50. The summed E-state index contributed by atoms with van der Waals surface area (Å²) < 4.78 is 5.76. The highest BCUT2D eigenvalue weighted by atomic mass is 16.5. The Hall–Kier alpha value is -2.47. The second kappa shape index (κ2) is 5.45. The lowest BCUT2D eigenvalue weighted by atomic mass is 10.0. The predicted octanol–water partition coefficient (Wildman–Crippen LogP) is 3.72. The monoisotopic (exact) mass is 253 g/mol. The number of phenols is 1. The SMILES string of the molecule is CC(C)Oc1ccccc1-c1ccc(O)c(C#N)c1. The largest absolute Gasteiger partial charge is 0.507 e. The van der Waals surface area contributed by atoms with Crippen LogP contribution in [0.4, 0.5) is 0 Å². The first-order valence-corrected chi connectivity index (χ1v) is 6.11. The van der Waals surface area contributed by atoms with Gasteiger partial charge in [0.15, 0.2) is 0 Å². The Morgan fingerprint density at radius 2 is 1.89 bits per heavy atom. The Morgan fingerprint density at radius 3 is 2.58 bits per heavy atom. The van der Waals surface area contributed by atoms with E-state index in [0.717, 1.165) is 16.9 Å². The van der Waals surface area contributed by atoms with Gasteiger partial charge in [-0.3, -0.25) is 0 Å². The first-order valence-electron chi connectivity index (χ1n) is 6.11. The molecule has 19 heavy (non-hydrogen) atoms. The Kier molecular flexibility index (Phi) is 3.72. The van der Waals surface area contributed by atoms with E-state index in [1.807, 2.05) is 44.2 Å². The second-order valence-electron chi connectivity index (χ2n) is 4.51. The van der Waals surface area contributed by atoms with Gasteiger partial charge in [-0.25, -0.2) is 0 Å².